The lowest BCUT2D eigenvalue weighted by Crippen LogP contribution is -2.31. The van der Waals surface area contributed by atoms with Crippen LogP contribution < -0.4 is 0 Å². The molecule has 0 unspecified atom stereocenters. The maximum absolute atomic E-state index is 11.7. The fourth-order valence-electron chi connectivity index (χ4n) is 3.00. The number of unbranched alkanes of at least 4 members (excludes halogenated alkanes) is 7. The van der Waals surface area contributed by atoms with Crippen molar-refractivity contribution in [3.63, 3.8) is 0 Å². The van der Waals surface area contributed by atoms with Crippen molar-refractivity contribution in [2.45, 2.75) is 109 Å². The third-order valence-corrected chi connectivity index (χ3v) is 10.5. The van der Waals surface area contributed by atoms with E-state index in [2.05, 4.69) is 26.9 Å². The summed E-state index contributed by atoms with van der Waals surface area (Å²) in [5.74, 6) is -1.31. The number of nitrogens with zero attached hydrogens (tertiary/aromatic N) is 1. The Morgan fingerprint density at radius 1 is 0.923 bits per heavy atom. The summed E-state index contributed by atoms with van der Waals surface area (Å²) in [4.78, 5) is 39.2. The van der Waals surface area contributed by atoms with Crippen molar-refractivity contribution in [3.05, 3.63) is 0 Å². The minimum absolute atomic E-state index is 0.142. The highest BCUT2D eigenvalue weighted by Crippen LogP contribution is 2.27. The fraction of sp³-hybridized carbons (Fsp3) is 0.850. The van der Waals surface area contributed by atoms with Gasteiger partial charge in [0.05, 0.1) is 0 Å². The Balaban J connectivity index is 1.94. The number of carbonyl (C=O) groups excluding carboxylic acids is 3. The van der Waals surface area contributed by atoms with E-state index in [0.717, 1.165) is 24.8 Å². The van der Waals surface area contributed by atoms with E-state index < -0.39 is 25.9 Å². The maximum Gasteiger partial charge on any atom is 0.333 e. The first-order valence-corrected chi connectivity index (χ1v) is 13.6. The van der Waals surface area contributed by atoms with Crippen LogP contribution in [0.3, 0.4) is 0 Å². The van der Waals surface area contributed by atoms with E-state index >= 15 is 0 Å². The Kier molecular flexibility index (Phi) is 10.1. The van der Waals surface area contributed by atoms with E-state index in [4.69, 9.17) is 4.84 Å². The van der Waals surface area contributed by atoms with Gasteiger partial charge >= 0.3 is 5.97 Å². The molecule has 0 aliphatic carbocycles. The molecule has 6 heteroatoms. The van der Waals surface area contributed by atoms with Gasteiger partial charge in [0.25, 0.3) is 11.8 Å². The number of amides is 2. The predicted octanol–water partition coefficient (Wildman–Crippen LogP) is 5.22. The topological polar surface area (TPSA) is 63.7 Å². The second-order valence-electron chi connectivity index (χ2n) is 8.52. The standard InChI is InChI=1S/C20H37NO4Si/c1-17(2)26(3,4)16-12-10-8-6-5-7-9-11-13-20(24)25-21-18(22)14-15-19(21)23/h17H,5-16H2,1-4H3. The molecule has 26 heavy (non-hydrogen) atoms. The molecule has 150 valence electrons. The van der Waals surface area contributed by atoms with Gasteiger partial charge in [0, 0.05) is 27.3 Å². The predicted molar refractivity (Wildman–Crippen MR) is 106 cm³/mol. The summed E-state index contributed by atoms with van der Waals surface area (Å²) < 4.78 is 0. The minimum Gasteiger partial charge on any atom is -0.330 e. The van der Waals surface area contributed by atoms with Crippen LogP contribution in [0.15, 0.2) is 0 Å². The van der Waals surface area contributed by atoms with Gasteiger partial charge in [0.1, 0.15) is 0 Å². The first kappa shape index (κ1) is 22.9. The monoisotopic (exact) mass is 383 g/mol. The van der Waals surface area contributed by atoms with E-state index in [9.17, 15) is 14.4 Å². The van der Waals surface area contributed by atoms with Crippen LogP contribution >= 0.6 is 0 Å². The lowest BCUT2D eigenvalue weighted by Gasteiger charge is -2.26. The van der Waals surface area contributed by atoms with E-state index in [0.29, 0.717) is 5.06 Å². The number of hydrogen-bond donors (Lipinski definition) is 0. The van der Waals surface area contributed by atoms with Crippen LogP contribution in [0.1, 0.15) is 84.5 Å². The molecule has 0 aromatic carbocycles. The summed E-state index contributed by atoms with van der Waals surface area (Å²) in [6.07, 6.45) is 9.93. The van der Waals surface area contributed by atoms with Gasteiger partial charge in [-0.25, -0.2) is 4.79 Å². The smallest absolute Gasteiger partial charge is 0.330 e. The number of hydroxylamine groups is 2. The van der Waals surface area contributed by atoms with Gasteiger partial charge in [-0.2, -0.15) is 0 Å². The molecular weight excluding hydrogens is 346 g/mol. The lowest BCUT2D eigenvalue weighted by molar-refractivity contribution is -0.197. The molecule has 2 amide bonds. The molecule has 1 fully saturated rings. The van der Waals surface area contributed by atoms with Gasteiger partial charge in [-0.1, -0.05) is 83.5 Å². The zero-order valence-electron chi connectivity index (χ0n) is 17.1. The van der Waals surface area contributed by atoms with Gasteiger partial charge < -0.3 is 4.84 Å². The van der Waals surface area contributed by atoms with E-state index in [1.807, 2.05) is 0 Å². The lowest BCUT2D eigenvalue weighted by atomic mass is 10.1. The first-order valence-electron chi connectivity index (χ1n) is 10.3. The third-order valence-electron chi connectivity index (χ3n) is 5.71. The number of imide groups is 1. The van der Waals surface area contributed by atoms with Gasteiger partial charge in [0.2, 0.25) is 0 Å². The van der Waals surface area contributed by atoms with Crippen molar-refractivity contribution in [1.29, 1.82) is 0 Å². The van der Waals surface area contributed by atoms with E-state index in [1.54, 1.807) is 0 Å². The molecule has 0 aromatic heterocycles. The van der Waals surface area contributed by atoms with Crippen LogP contribution in [-0.4, -0.2) is 30.9 Å². The second kappa shape index (κ2) is 11.5. The molecule has 0 saturated carbocycles. The molecule has 0 atom stereocenters. The molecule has 1 saturated heterocycles. The molecular formula is C20H37NO4Si. The van der Waals surface area contributed by atoms with Crippen molar-refractivity contribution in [2.75, 3.05) is 0 Å². The van der Waals surface area contributed by atoms with Crippen molar-refractivity contribution < 1.29 is 19.2 Å². The summed E-state index contributed by atoms with van der Waals surface area (Å²) in [5, 5.41) is 0.631. The summed E-state index contributed by atoms with van der Waals surface area (Å²) in [6, 6.07) is 1.44. The Hall–Kier alpha value is -1.17. The first-order chi connectivity index (χ1) is 12.2. The Labute approximate surface area is 159 Å². The van der Waals surface area contributed by atoms with Gasteiger partial charge in [0.15, 0.2) is 0 Å². The number of carbonyl (C=O) groups is 3. The number of hydrogen-bond acceptors (Lipinski definition) is 4. The molecule has 1 aliphatic rings. The highest BCUT2D eigenvalue weighted by Gasteiger charge is 2.32. The minimum atomic E-state index is -0.989. The summed E-state index contributed by atoms with van der Waals surface area (Å²) in [5.41, 5.74) is 0.871. The van der Waals surface area contributed by atoms with Crippen LogP contribution in [0.2, 0.25) is 24.7 Å². The van der Waals surface area contributed by atoms with Crippen molar-refractivity contribution in [1.82, 2.24) is 5.06 Å². The van der Waals surface area contributed by atoms with Crippen LogP contribution in [0.4, 0.5) is 0 Å². The van der Waals surface area contributed by atoms with Crippen LogP contribution in [0.25, 0.3) is 0 Å². The van der Waals surface area contributed by atoms with Crippen molar-refractivity contribution >= 4 is 25.9 Å². The van der Waals surface area contributed by atoms with E-state index in [1.165, 1.54) is 38.1 Å². The van der Waals surface area contributed by atoms with E-state index in [-0.39, 0.29) is 19.3 Å². The third kappa shape index (κ3) is 8.47. The molecule has 0 bridgehead atoms. The zero-order chi connectivity index (χ0) is 19.6. The Morgan fingerprint density at radius 2 is 1.38 bits per heavy atom. The average molecular weight is 384 g/mol. The zero-order valence-corrected chi connectivity index (χ0v) is 18.1. The van der Waals surface area contributed by atoms with Crippen molar-refractivity contribution in [2.24, 2.45) is 0 Å². The largest absolute Gasteiger partial charge is 0.333 e. The second-order valence-corrected chi connectivity index (χ2v) is 14.1. The summed E-state index contributed by atoms with van der Waals surface area (Å²) >= 11 is 0. The summed E-state index contributed by atoms with van der Waals surface area (Å²) in [6.45, 7) is 9.72. The van der Waals surface area contributed by atoms with Gasteiger partial charge in [-0.3, -0.25) is 9.59 Å². The number of rotatable bonds is 13. The van der Waals surface area contributed by atoms with Crippen LogP contribution in [0.5, 0.6) is 0 Å². The van der Waals surface area contributed by atoms with Gasteiger partial charge in [-0.15, -0.1) is 5.06 Å². The molecule has 0 spiro atoms. The Morgan fingerprint density at radius 3 is 1.88 bits per heavy atom. The molecule has 0 radical (unpaired) electrons. The normalized spacial score (nSPS) is 15.2. The fourth-order valence-corrected chi connectivity index (χ4v) is 4.74. The van der Waals surface area contributed by atoms with Crippen LogP contribution in [-0.2, 0) is 19.2 Å². The molecule has 1 rings (SSSR count). The van der Waals surface area contributed by atoms with Crippen LogP contribution in [0, 0.1) is 0 Å². The maximum atomic E-state index is 11.7. The average Bonchev–Trinajstić information content (AvgIpc) is 2.88. The highest BCUT2D eigenvalue weighted by atomic mass is 28.3. The van der Waals surface area contributed by atoms with Crippen molar-refractivity contribution in [3.8, 4) is 0 Å². The molecule has 5 nitrogen and oxygen atoms in total. The molecule has 0 aromatic rings. The molecule has 1 heterocycles. The quantitative estimate of drug-likeness (QED) is 0.248. The molecule has 1 aliphatic heterocycles. The highest BCUT2D eigenvalue weighted by molar-refractivity contribution is 6.78. The summed E-state index contributed by atoms with van der Waals surface area (Å²) in [7, 11) is -0.989. The van der Waals surface area contributed by atoms with Gasteiger partial charge in [-0.05, 0) is 6.42 Å². The molecule has 0 N–H and O–H groups in total. The Bertz CT molecular complexity index is 460. The SMILES string of the molecule is CC(C)[Si](C)(C)CCCCCCCCCCC(=O)ON1C(=O)CCC1=O.